The van der Waals surface area contributed by atoms with Crippen LogP contribution in [0, 0.1) is 10.1 Å². The van der Waals surface area contributed by atoms with Crippen LogP contribution in [0.5, 0.6) is 5.75 Å². The van der Waals surface area contributed by atoms with Crippen molar-refractivity contribution in [2.45, 2.75) is 0 Å². The minimum absolute atomic E-state index is 0.302. The number of aromatic hydroxyl groups is 1. The summed E-state index contributed by atoms with van der Waals surface area (Å²) in [5.41, 5.74) is 0.474. The number of nitro groups is 1. The molecule has 1 fully saturated rings. The van der Waals surface area contributed by atoms with Crippen LogP contribution in [-0.2, 0) is 4.79 Å². The summed E-state index contributed by atoms with van der Waals surface area (Å²) in [4.78, 5) is 24.9. The van der Waals surface area contributed by atoms with Gasteiger partial charge in [-0.2, -0.15) is 0 Å². The molecule has 0 aliphatic carbocycles. The Morgan fingerprint density at radius 3 is 2.61 bits per heavy atom. The first-order valence-corrected chi connectivity index (χ1v) is 10.5. The van der Waals surface area contributed by atoms with Crippen molar-refractivity contribution >= 4 is 74.9 Å². The van der Waals surface area contributed by atoms with Crippen molar-refractivity contribution in [2.24, 2.45) is 0 Å². The SMILES string of the molecule is O=C1/C(=C\c2ccc(-c3ccc(O)c([N+](=O)[O-])c3)o2)SC(=S)N1c1ccc(Cl)c(Cl)c1. The molecule has 3 aromatic rings. The number of nitrogens with zero attached hydrogens (tertiary/aromatic N) is 2. The highest BCUT2D eigenvalue weighted by Crippen LogP contribution is 2.39. The number of halogens is 2. The topological polar surface area (TPSA) is 96.8 Å². The van der Waals surface area contributed by atoms with Gasteiger partial charge in [-0.05, 0) is 42.5 Å². The van der Waals surface area contributed by atoms with Crippen LogP contribution < -0.4 is 4.90 Å². The fraction of sp³-hybridized carbons (Fsp3) is 0. The van der Waals surface area contributed by atoms with Crippen molar-refractivity contribution in [1.29, 1.82) is 0 Å². The summed E-state index contributed by atoms with van der Waals surface area (Å²) < 4.78 is 6.05. The lowest BCUT2D eigenvalue weighted by Gasteiger charge is -2.15. The predicted molar refractivity (Wildman–Crippen MR) is 125 cm³/mol. The molecule has 2 aromatic carbocycles. The van der Waals surface area contributed by atoms with Crippen molar-refractivity contribution in [3.8, 4) is 17.1 Å². The maximum atomic E-state index is 12.9. The number of phenols is 1. The third-order valence-corrected chi connectivity index (χ3v) is 6.35. The number of carbonyl (C=O) groups is 1. The molecule has 0 atom stereocenters. The Morgan fingerprint density at radius 2 is 1.90 bits per heavy atom. The number of amides is 1. The molecule has 1 saturated heterocycles. The highest BCUT2D eigenvalue weighted by Gasteiger charge is 2.34. The quantitative estimate of drug-likeness (QED) is 0.198. The number of nitro benzene ring substituents is 1. The molecular formula is C20H10Cl2N2O5S2. The van der Waals surface area contributed by atoms with Crippen molar-refractivity contribution in [2.75, 3.05) is 4.90 Å². The van der Waals surface area contributed by atoms with E-state index in [1.165, 1.54) is 29.2 Å². The number of carbonyl (C=O) groups excluding carboxylic acids is 1. The van der Waals surface area contributed by atoms with Gasteiger partial charge in [0, 0.05) is 17.7 Å². The molecule has 11 heteroatoms. The zero-order chi connectivity index (χ0) is 22.3. The smallest absolute Gasteiger partial charge is 0.311 e. The summed E-state index contributed by atoms with van der Waals surface area (Å²) in [6.45, 7) is 0. The lowest BCUT2D eigenvalue weighted by atomic mass is 10.1. The minimum Gasteiger partial charge on any atom is -0.502 e. The van der Waals surface area contributed by atoms with E-state index in [-0.39, 0.29) is 5.91 Å². The van der Waals surface area contributed by atoms with Gasteiger partial charge in [-0.1, -0.05) is 47.2 Å². The van der Waals surface area contributed by atoms with Gasteiger partial charge in [-0.3, -0.25) is 19.8 Å². The highest BCUT2D eigenvalue weighted by atomic mass is 35.5. The van der Waals surface area contributed by atoms with Crippen LogP contribution in [0.1, 0.15) is 5.76 Å². The fourth-order valence-corrected chi connectivity index (χ4v) is 4.42. The number of thiocarbonyl (C=S) groups is 1. The van der Waals surface area contributed by atoms with Gasteiger partial charge in [0.15, 0.2) is 10.1 Å². The molecule has 1 aliphatic rings. The van der Waals surface area contributed by atoms with Crippen molar-refractivity contribution in [3.63, 3.8) is 0 Å². The van der Waals surface area contributed by atoms with E-state index in [9.17, 15) is 20.0 Å². The van der Waals surface area contributed by atoms with E-state index in [0.29, 0.717) is 42.0 Å². The third kappa shape index (κ3) is 4.17. The largest absolute Gasteiger partial charge is 0.502 e. The second kappa shape index (κ2) is 8.35. The highest BCUT2D eigenvalue weighted by molar-refractivity contribution is 8.27. The normalized spacial score (nSPS) is 15.2. The van der Waals surface area contributed by atoms with Crippen LogP contribution in [-0.4, -0.2) is 20.3 Å². The van der Waals surface area contributed by atoms with Crippen LogP contribution in [0.3, 0.4) is 0 Å². The molecule has 4 rings (SSSR count). The Kier molecular flexibility index (Phi) is 5.76. The number of thioether (sulfide) groups is 1. The summed E-state index contributed by atoms with van der Waals surface area (Å²) in [7, 11) is 0. The first-order chi connectivity index (χ1) is 14.7. The molecule has 1 N–H and O–H groups in total. The molecule has 0 unspecified atom stereocenters. The minimum atomic E-state index is -0.683. The van der Waals surface area contributed by atoms with E-state index in [1.807, 2.05) is 0 Å². The molecule has 0 bridgehead atoms. The molecule has 1 aliphatic heterocycles. The molecule has 7 nitrogen and oxygen atoms in total. The zero-order valence-electron chi connectivity index (χ0n) is 15.2. The average molecular weight is 493 g/mol. The molecule has 2 heterocycles. The molecule has 156 valence electrons. The van der Waals surface area contributed by atoms with Crippen molar-refractivity contribution in [1.82, 2.24) is 0 Å². The second-order valence-corrected chi connectivity index (χ2v) is 8.77. The lowest BCUT2D eigenvalue weighted by molar-refractivity contribution is -0.385. The molecular weight excluding hydrogens is 483 g/mol. The van der Waals surface area contributed by atoms with Crippen LogP contribution in [0.25, 0.3) is 17.4 Å². The molecule has 31 heavy (non-hydrogen) atoms. The van der Waals surface area contributed by atoms with E-state index in [1.54, 1.807) is 30.3 Å². The zero-order valence-corrected chi connectivity index (χ0v) is 18.4. The van der Waals surface area contributed by atoms with Gasteiger partial charge in [-0.15, -0.1) is 0 Å². The monoisotopic (exact) mass is 492 g/mol. The Bertz CT molecular complexity index is 1290. The molecule has 0 radical (unpaired) electrons. The molecule has 0 saturated carbocycles. The number of furan rings is 1. The fourth-order valence-electron chi connectivity index (χ4n) is 2.85. The van der Waals surface area contributed by atoms with E-state index >= 15 is 0 Å². The van der Waals surface area contributed by atoms with Gasteiger partial charge in [-0.25, -0.2) is 0 Å². The Labute approximate surface area is 195 Å². The van der Waals surface area contributed by atoms with Crippen LogP contribution in [0.2, 0.25) is 10.0 Å². The van der Waals surface area contributed by atoms with Crippen LogP contribution in [0.15, 0.2) is 57.9 Å². The van der Waals surface area contributed by atoms with E-state index < -0.39 is 16.4 Å². The summed E-state index contributed by atoms with van der Waals surface area (Å²) in [6.07, 6.45) is 1.54. The van der Waals surface area contributed by atoms with Gasteiger partial charge in [0.2, 0.25) is 0 Å². The summed E-state index contributed by atoms with van der Waals surface area (Å²) >= 11 is 18.4. The summed E-state index contributed by atoms with van der Waals surface area (Å²) in [5.74, 6) is -0.0761. The number of rotatable bonds is 4. The average Bonchev–Trinajstić information content (AvgIpc) is 3.29. The van der Waals surface area contributed by atoms with E-state index in [2.05, 4.69) is 0 Å². The van der Waals surface area contributed by atoms with Gasteiger partial charge in [0.25, 0.3) is 5.91 Å². The number of hydrogen-bond acceptors (Lipinski definition) is 7. The van der Waals surface area contributed by atoms with Gasteiger partial charge in [0.05, 0.1) is 25.6 Å². The maximum absolute atomic E-state index is 12.9. The number of benzene rings is 2. The number of phenolic OH excluding ortho intramolecular Hbond substituents is 1. The van der Waals surface area contributed by atoms with E-state index in [0.717, 1.165) is 11.8 Å². The van der Waals surface area contributed by atoms with Crippen LogP contribution in [0.4, 0.5) is 11.4 Å². The Balaban J connectivity index is 1.62. The number of hydrogen-bond donors (Lipinski definition) is 1. The van der Waals surface area contributed by atoms with Crippen LogP contribution >= 0.6 is 47.2 Å². The maximum Gasteiger partial charge on any atom is 0.311 e. The standard InChI is InChI=1S/C20H10Cl2N2O5S2/c21-13-4-2-11(8-14(13)22)23-19(26)18(31-20(23)30)9-12-3-6-17(29-12)10-1-5-16(25)15(7-10)24(27)28/h1-9,25H/b18-9+. The summed E-state index contributed by atoms with van der Waals surface area (Å²) in [6, 6.07) is 11.9. The van der Waals surface area contributed by atoms with Crippen molar-refractivity contribution in [3.05, 3.63) is 79.4 Å². The third-order valence-electron chi connectivity index (χ3n) is 4.31. The van der Waals surface area contributed by atoms with E-state index in [4.69, 9.17) is 39.8 Å². The Morgan fingerprint density at radius 1 is 1.13 bits per heavy atom. The molecule has 1 amide bonds. The Hall–Kier alpha value is -2.85. The summed E-state index contributed by atoms with van der Waals surface area (Å²) in [5, 5.41) is 21.3. The second-order valence-electron chi connectivity index (χ2n) is 6.28. The first-order valence-electron chi connectivity index (χ1n) is 8.55. The molecule has 1 aromatic heterocycles. The molecule has 0 spiro atoms. The van der Waals surface area contributed by atoms with Gasteiger partial charge >= 0.3 is 5.69 Å². The van der Waals surface area contributed by atoms with Gasteiger partial charge < -0.3 is 9.52 Å². The number of anilines is 1. The lowest BCUT2D eigenvalue weighted by Crippen LogP contribution is -2.27. The predicted octanol–water partition coefficient (Wildman–Crippen LogP) is 6.27. The van der Waals surface area contributed by atoms with Crippen molar-refractivity contribution < 1.29 is 19.2 Å². The van der Waals surface area contributed by atoms with Gasteiger partial charge in [0.1, 0.15) is 11.5 Å². The first kappa shape index (κ1) is 21.4.